The third-order valence-electron chi connectivity index (χ3n) is 2.37. The number of nitrogens with one attached hydrogen (secondary N) is 1. The molecule has 0 amide bonds. The minimum Gasteiger partial charge on any atom is -0.674 e. The van der Waals surface area contributed by atoms with Gasteiger partial charge in [-0.05, 0) is 38.5 Å². The number of allylic oxidation sites excluding steroid dienone is 3. The van der Waals surface area contributed by atoms with Gasteiger partial charge in [-0.25, -0.2) is 0 Å². The Morgan fingerprint density at radius 3 is 2.06 bits per heavy atom. The number of hydrogen-bond acceptors (Lipinski definition) is 0. The van der Waals surface area contributed by atoms with Gasteiger partial charge in [0.25, 0.3) is 0 Å². The van der Waals surface area contributed by atoms with E-state index in [1.165, 1.54) is 11.1 Å². The average Bonchev–Trinajstić information content (AvgIpc) is 2.13. The normalized spacial score (nSPS) is 13.6. The van der Waals surface area contributed by atoms with Crippen molar-refractivity contribution in [1.82, 2.24) is 0 Å². The van der Waals surface area contributed by atoms with E-state index in [0.29, 0.717) is 12.0 Å². The smallest absolute Gasteiger partial charge is 0.674 e. The molecular formula is C14H26NRb. The van der Waals surface area contributed by atoms with Crippen LogP contribution in [0.2, 0.25) is 0 Å². The first-order valence-corrected chi connectivity index (χ1v) is 5.81. The van der Waals surface area contributed by atoms with Gasteiger partial charge in [-0.15, -0.1) is 6.54 Å². The molecule has 0 bridgehead atoms. The summed E-state index contributed by atoms with van der Waals surface area (Å²) in [5.74, 6) is 0. The first kappa shape index (κ1) is 19.6. The third kappa shape index (κ3) is 13.3. The van der Waals surface area contributed by atoms with E-state index in [1.54, 1.807) is 0 Å². The Kier molecular flexibility index (Phi) is 12.5. The van der Waals surface area contributed by atoms with Gasteiger partial charge in [-0.1, -0.05) is 44.1 Å². The SMILES string of the molecule is CC(=CCCC(C)=CCC(C)(C)C)C[NH-].[Rb+]. The molecule has 2 heteroatoms. The maximum absolute atomic E-state index is 7.17. The van der Waals surface area contributed by atoms with E-state index in [2.05, 4.69) is 39.8 Å². The van der Waals surface area contributed by atoms with Gasteiger partial charge in [-0.2, -0.15) is 0 Å². The molecule has 0 aliphatic rings. The van der Waals surface area contributed by atoms with Crippen LogP contribution >= 0.6 is 0 Å². The summed E-state index contributed by atoms with van der Waals surface area (Å²) in [5.41, 5.74) is 10.2. The summed E-state index contributed by atoms with van der Waals surface area (Å²) in [6, 6.07) is 0. The second-order valence-corrected chi connectivity index (χ2v) is 5.58. The zero-order valence-corrected chi connectivity index (χ0v) is 16.9. The molecule has 0 atom stereocenters. The van der Waals surface area contributed by atoms with Crippen molar-refractivity contribution in [3.05, 3.63) is 29.0 Å². The van der Waals surface area contributed by atoms with Crippen molar-refractivity contribution in [1.29, 1.82) is 0 Å². The van der Waals surface area contributed by atoms with Gasteiger partial charge >= 0.3 is 58.2 Å². The molecule has 0 radical (unpaired) electrons. The molecule has 1 nitrogen and oxygen atoms in total. The predicted octanol–water partition coefficient (Wildman–Crippen LogP) is 2.15. The van der Waals surface area contributed by atoms with Crippen molar-refractivity contribution in [2.24, 2.45) is 5.41 Å². The van der Waals surface area contributed by atoms with Crippen molar-refractivity contribution >= 4 is 0 Å². The molecule has 0 aromatic carbocycles. The molecule has 0 saturated heterocycles. The van der Waals surface area contributed by atoms with Gasteiger partial charge in [-0.3, -0.25) is 0 Å². The minimum absolute atomic E-state index is 0. The summed E-state index contributed by atoms with van der Waals surface area (Å²) < 4.78 is 0. The molecule has 0 heterocycles. The van der Waals surface area contributed by atoms with E-state index in [4.69, 9.17) is 5.73 Å². The van der Waals surface area contributed by atoms with Crippen LogP contribution in [0.5, 0.6) is 0 Å². The fourth-order valence-electron chi connectivity index (χ4n) is 1.20. The van der Waals surface area contributed by atoms with Gasteiger partial charge in [0.05, 0.1) is 0 Å². The van der Waals surface area contributed by atoms with Crippen LogP contribution in [-0.2, 0) is 0 Å². The Bertz CT molecular complexity index is 234. The molecule has 0 aromatic rings. The fraction of sp³-hybridized carbons (Fsp3) is 0.714. The largest absolute Gasteiger partial charge is 1.00 e. The van der Waals surface area contributed by atoms with Gasteiger partial charge in [0, 0.05) is 0 Å². The van der Waals surface area contributed by atoms with Crippen molar-refractivity contribution < 1.29 is 58.2 Å². The Balaban J connectivity index is 0. The van der Waals surface area contributed by atoms with Crippen LogP contribution in [0.4, 0.5) is 0 Å². The van der Waals surface area contributed by atoms with Gasteiger partial charge in [0.1, 0.15) is 0 Å². The van der Waals surface area contributed by atoms with Crippen molar-refractivity contribution in [3.8, 4) is 0 Å². The van der Waals surface area contributed by atoms with Gasteiger partial charge in [0.15, 0.2) is 0 Å². The van der Waals surface area contributed by atoms with Crippen LogP contribution in [0.25, 0.3) is 5.73 Å². The monoisotopic (exact) mass is 293 g/mol. The molecular weight excluding hydrogens is 268 g/mol. The topological polar surface area (TPSA) is 23.8 Å². The second kappa shape index (κ2) is 10.2. The zero-order valence-electron chi connectivity index (χ0n) is 12.0. The Morgan fingerprint density at radius 2 is 1.62 bits per heavy atom. The summed E-state index contributed by atoms with van der Waals surface area (Å²) in [6.07, 6.45) is 7.90. The summed E-state index contributed by atoms with van der Waals surface area (Å²) in [4.78, 5) is 0. The molecule has 16 heavy (non-hydrogen) atoms. The predicted molar refractivity (Wildman–Crippen MR) is 70.0 cm³/mol. The van der Waals surface area contributed by atoms with Crippen LogP contribution in [0.15, 0.2) is 23.3 Å². The first-order chi connectivity index (χ1) is 6.85. The van der Waals surface area contributed by atoms with E-state index >= 15 is 0 Å². The van der Waals surface area contributed by atoms with Crippen LogP contribution in [-0.4, -0.2) is 6.54 Å². The summed E-state index contributed by atoms with van der Waals surface area (Å²) in [7, 11) is 0. The molecule has 0 saturated carbocycles. The van der Waals surface area contributed by atoms with Crippen molar-refractivity contribution in [2.45, 2.75) is 53.9 Å². The third-order valence-corrected chi connectivity index (χ3v) is 2.37. The maximum Gasteiger partial charge on any atom is 1.00 e. The van der Waals surface area contributed by atoms with E-state index < -0.39 is 0 Å². The molecule has 1 N–H and O–H groups in total. The van der Waals surface area contributed by atoms with E-state index in [0.717, 1.165) is 19.3 Å². The molecule has 88 valence electrons. The van der Waals surface area contributed by atoms with E-state index in [1.807, 2.05) is 6.92 Å². The average molecular weight is 294 g/mol. The van der Waals surface area contributed by atoms with Crippen molar-refractivity contribution in [2.75, 3.05) is 6.54 Å². The molecule has 0 spiro atoms. The first-order valence-electron chi connectivity index (χ1n) is 5.81. The Morgan fingerprint density at radius 1 is 1.06 bits per heavy atom. The fourth-order valence-corrected chi connectivity index (χ4v) is 1.20. The van der Waals surface area contributed by atoms with Gasteiger partial charge in [0.2, 0.25) is 0 Å². The van der Waals surface area contributed by atoms with Crippen LogP contribution in [0.1, 0.15) is 53.9 Å². The van der Waals surface area contributed by atoms with Crippen LogP contribution < -0.4 is 58.2 Å². The Hall–Kier alpha value is 1.25. The van der Waals surface area contributed by atoms with Crippen LogP contribution in [0, 0.1) is 5.41 Å². The molecule has 0 fully saturated rings. The zero-order chi connectivity index (χ0) is 11.9. The summed E-state index contributed by atoms with van der Waals surface area (Å²) >= 11 is 0. The molecule has 0 rings (SSSR count). The molecule has 0 aliphatic carbocycles. The molecule has 0 aliphatic heterocycles. The molecule has 0 unspecified atom stereocenters. The van der Waals surface area contributed by atoms with E-state index in [-0.39, 0.29) is 58.2 Å². The molecule has 0 aromatic heterocycles. The second-order valence-electron chi connectivity index (χ2n) is 5.58. The summed E-state index contributed by atoms with van der Waals surface area (Å²) in [6.45, 7) is 11.5. The summed E-state index contributed by atoms with van der Waals surface area (Å²) in [5, 5.41) is 0. The van der Waals surface area contributed by atoms with E-state index in [9.17, 15) is 0 Å². The number of hydrogen-bond donors (Lipinski definition) is 0. The van der Waals surface area contributed by atoms with Gasteiger partial charge < -0.3 is 5.73 Å². The Labute approximate surface area is 151 Å². The van der Waals surface area contributed by atoms with Crippen LogP contribution in [0.3, 0.4) is 0 Å². The van der Waals surface area contributed by atoms with Crippen molar-refractivity contribution in [3.63, 3.8) is 0 Å². The quantitative estimate of drug-likeness (QED) is 0.694. The maximum atomic E-state index is 7.17. The minimum atomic E-state index is 0. The standard InChI is InChI=1S/C14H26N.Rb/c1-12(9-10-14(3,4)5)7-6-8-13(2)11-15;/h8-9,15H,6-7,10-11H2,1-5H3;/q-1;+1. The number of rotatable bonds is 5.